The molecule has 0 saturated carbocycles. The smallest absolute Gasteiger partial charge is 0.392 e. The average Bonchev–Trinajstić information content (AvgIpc) is 2.29. The van der Waals surface area contributed by atoms with Crippen LogP contribution in [0.4, 0.5) is 0 Å². The van der Waals surface area contributed by atoms with Crippen LogP contribution in [0, 0.1) is 0 Å². The Morgan fingerprint density at radius 1 is 1.07 bits per heavy atom. The number of hydrogen-bond acceptors (Lipinski definition) is 2. The van der Waals surface area contributed by atoms with Gasteiger partial charge in [-0.25, -0.2) is 0 Å². The van der Waals surface area contributed by atoms with Crippen LogP contribution in [0.1, 0.15) is 31.9 Å². The lowest BCUT2D eigenvalue weighted by molar-refractivity contribution is 0.206. The van der Waals surface area contributed by atoms with Crippen molar-refractivity contribution in [1.29, 1.82) is 0 Å². The molecule has 0 aliphatic carbocycles. The predicted molar refractivity (Wildman–Crippen MR) is 63.9 cm³/mol. The van der Waals surface area contributed by atoms with Crippen molar-refractivity contribution >= 4 is 9.28 Å². The van der Waals surface area contributed by atoms with Crippen molar-refractivity contribution in [3.05, 3.63) is 35.9 Å². The van der Waals surface area contributed by atoms with E-state index in [2.05, 4.69) is 31.2 Å². The maximum absolute atomic E-state index is 5.68. The second-order valence-corrected chi connectivity index (χ2v) is 5.40. The second kappa shape index (κ2) is 6.77. The number of rotatable bonds is 6. The molecule has 15 heavy (non-hydrogen) atoms. The van der Waals surface area contributed by atoms with Crippen molar-refractivity contribution in [1.82, 2.24) is 0 Å². The van der Waals surface area contributed by atoms with Gasteiger partial charge in [0, 0.05) is 18.8 Å². The molecule has 0 fully saturated rings. The molecule has 83 valence electrons. The summed E-state index contributed by atoms with van der Waals surface area (Å²) >= 11 is 0. The van der Waals surface area contributed by atoms with Gasteiger partial charge in [-0.3, -0.25) is 0 Å². The van der Waals surface area contributed by atoms with Gasteiger partial charge >= 0.3 is 9.28 Å². The van der Waals surface area contributed by atoms with Crippen LogP contribution < -0.4 is 0 Å². The molecule has 0 saturated heterocycles. The van der Waals surface area contributed by atoms with Crippen LogP contribution in [0.3, 0.4) is 0 Å². The van der Waals surface area contributed by atoms with E-state index in [0.717, 1.165) is 13.2 Å². The molecule has 1 rings (SSSR count). The van der Waals surface area contributed by atoms with Crippen molar-refractivity contribution in [2.24, 2.45) is 0 Å². The largest absolute Gasteiger partial charge is 0.393 e. The van der Waals surface area contributed by atoms with E-state index in [4.69, 9.17) is 8.85 Å². The zero-order chi connectivity index (χ0) is 11.1. The maximum atomic E-state index is 5.68. The van der Waals surface area contributed by atoms with E-state index in [-0.39, 0.29) is 0 Å². The van der Waals surface area contributed by atoms with Gasteiger partial charge in [0.1, 0.15) is 0 Å². The quantitative estimate of drug-likeness (QED) is 0.690. The van der Waals surface area contributed by atoms with Gasteiger partial charge in [0.05, 0.1) is 0 Å². The highest BCUT2D eigenvalue weighted by molar-refractivity contribution is 6.46. The first-order chi connectivity index (χ1) is 7.29. The second-order valence-electron chi connectivity index (χ2n) is 3.32. The summed E-state index contributed by atoms with van der Waals surface area (Å²) < 4.78 is 11.4. The Balaban J connectivity index is 2.67. The van der Waals surface area contributed by atoms with Crippen LogP contribution in [0.25, 0.3) is 0 Å². The van der Waals surface area contributed by atoms with Crippen LogP contribution in [0.5, 0.6) is 0 Å². The summed E-state index contributed by atoms with van der Waals surface area (Å²) in [6.45, 7) is 7.66. The predicted octanol–water partition coefficient (Wildman–Crippen LogP) is 2.89. The van der Waals surface area contributed by atoms with Gasteiger partial charge in [-0.05, 0) is 19.4 Å². The van der Waals surface area contributed by atoms with Gasteiger partial charge in [0.15, 0.2) is 0 Å². The minimum absolute atomic E-state index is 0.371. The first kappa shape index (κ1) is 12.4. The summed E-state index contributed by atoms with van der Waals surface area (Å²) in [5, 5.41) is 0. The van der Waals surface area contributed by atoms with E-state index in [1.165, 1.54) is 5.56 Å². The molecule has 0 amide bonds. The summed E-state index contributed by atoms with van der Waals surface area (Å²) in [6.07, 6.45) is 0. The molecule has 1 aromatic carbocycles. The molecule has 0 aromatic heterocycles. The van der Waals surface area contributed by atoms with Crippen molar-refractivity contribution in [2.75, 3.05) is 13.2 Å². The van der Waals surface area contributed by atoms with Crippen molar-refractivity contribution in [2.45, 2.75) is 26.3 Å². The van der Waals surface area contributed by atoms with Crippen molar-refractivity contribution in [3.63, 3.8) is 0 Å². The van der Waals surface area contributed by atoms with Gasteiger partial charge < -0.3 is 8.85 Å². The summed E-state index contributed by atoms with van der Waals surface area (Å²) in [6, 6.07) is 10.4. The molecule has 1 atom stereocenters. The fourth-order valence-electron chi connectivity index (χ4n) is 1.45. The van der Waals surface area contributed by atoms with E-state index < -0.39 is 9.28 Å². The highest BCUT2D eigenvalue weighted by Gasteiger charge is 2.24. The molecule has 0 heterocycles. The molecule has 0 spiro atoms. The van der Waals surface area contributed by atoms with Crippen LogP contribution in [-0.2, 0) is 8.85 Å². The van der Waals surface area contributed by atoms with E-state index in [9.17, 15) is 0 Å². The fourth-order valence-corrected chi connectivity index (χ4v) is 3.07. The minimum atomic E-state index is -1.18. The Morgan fingerprint density at radius 2 is 1.60 bits per heavy atom. The first-order valence-corrected chi connectivity index (χ1v) is 6.86. The molecule has 1 unspecified atom stereocenters. The van der Waals surface area contributed by atoms with Gasteiger partial charge in [0.2, 0.25) is 0 Å². The SMILES string of the molecule is CCO[Si](OCC)C(C)c1ccccc1. The highest BCUT2D eigenvalue weighted by Crippen LogP contribution is 2.19. The third-order valence-electron chi connectivity index (χ3n) is 2.23. The molecule has 0 aliphatic heterocycles. The maximum Gasteiger partial charge on any atom is 0.392 e. The van der Waals surface area contributed by atoms with E-state index in [0.29, 0.717) is 5.54 Å². The molecule has 1 aromatic rings. The zero-order valence-corrected chi connectivity index (χ0v) is 10.7. The van der Waals surface area contributed by atoms with Crippen LogP contribution in [0.2, 0.25) is 0 Å². The lowest BCUT2D eigenvalue weighted by atomic mass is 10.2. The minimum Gasteiger partial charge on any atom is -0.393 e. The summed E-state index contributed by atoms with van der Waals surface area (Å²) in [4.78, 5) is 0. The molecular formula is C12H19O2Si. The first-order valence-electron chi connectivity index (χ1n) is 5.47. The zero-order valence-electron chi connectivity index (χ0n) is 9.69. The summed E-state index contributed by atoms with van der Waals surface area (Å²) in [5.41, 5.74) is 1.67. The van der Waals surface area contributed by atoms with E-state index >= 15 is 0 Å². The number of benzene rings is 1. The summed E-state index contributed by atoms with van der Waals surface area (Å²) in [7, 11) is -1.18. The van der Waals surface area contributed by atoms with E-state index in [1.807, 2.05) is 19.9 Å². The van der Waals surface area contributed by atoms with Crippen molar-refractivity contribution < 1.29 is 8.85 Å². The Bertz CT molecular complexity index is 258. The van der Waals surface area contributed by atoms with Crippen LogP contribution in [0.15, 0.2) is 30.3 Å². The molecule has 0 N–H and O–H groups in total. The molecule has 0 aliphatic rings. The Kier molecular flexibility index (Phi) is 5.61. The lowest BCUT2D eigenvalue weighted by Crippen LogP contribution is -2.29. The molecule has 2 nitrogen and oxygen atoms in total. The third kappa shape index (κ3) is 3.78. The Labute approximate surface area is 94.1 Å². The summed E-state index contributed by atoms with van der Waals surface area (Å²) in [5.74, 6) is 0. The molecular weight excluding hydrogens is 204 g/mol. The Hall–Kier alpha value is -0.643. The molecule has 0 bridgehead atoms. The van der Waals surface area contributed by atoms with Gasteiger partial charge in [0.25, 0.3) is 0 Å². The standard InChI is InChI=1S/C12H19O2Si/c1-4-13-15(14-5-2)11(3)12-9-7-6-8-10-12/h6-11H,4-5H2,1-3H3. The number of hydrogen-bond donors (Lipinski definition) is 0. The molecule has 1 radical (unpaired) electrons. The van der Waals surface area contributed by atoms with Crippen LogP contribution in [-0.4, -0.2) is 22.5 Å². The fraction of sp³-hybridized carbons (Fsp3) is 0.500. The third-order valence-corrected chi connectivity index (χ3v) is 4.41. The average molecular weight is 223 g/mol. The van der Waals surface area contributed by atoms with Gasteiger partial charge in [-0.15, -0.1) is 0 Å². The monoisotopic (exact) mass is 223 g/mol. The highest BCUT2D eigenvalue weighted by atomic mass is 28.3. The molecule has 3 heteroatoms. The van der Waals surface area contributed by atoms with Crippen molar-refractivity contribution in [3.8, 4) is 0 Å². The van der Waals surface area contributed by atoms with Gasteiger partial charge in [-0.1, -0.05) is 37.3 Å². The normalized spacial score (nSPS) is 13.1. The van der Waals surface area contributed by atoms with Crippen LogP contribution >= 0.6 is 0 Å². The Morgan fingerprint density at radius 3 is 2.07 bits per heavy atom. The van der Waals surface area contributed by atoms with Gasteiger partial charge in [-0.2, -0.15) is 0 Å². The van der Waals surface area contributed by atoms with E-state index in [1.54, 1.807) is 0 Å². The topological polar surface area (TPSA) is 18.5 Å². The lowest BCUT2D eigenvalue weighted by Gasteiger charge is -2.20.